The number of aromatic nitrogens is 2. The zero-order valence-electron chi connectivity index (χ0n) is 11.3. The van der Waals surface area contributed by atoms with E-state index in [2.05, 4.69) is 36.3 Å². The van der Waals surface area contributed by atoms with E-state index in [0.29, 0.717) is 12.4 Å². The smallest absolute Gasteiger partial charge is 0.233 e. The molecule has 0 atom stereocenters. The molecule has 100 valence electrons. The van der Waals surface area contributed by atoms with E-state index in [1.807, 2.05) is 6.07 Å². The van der Waals surface area contributed by atoms with Crippen LogP contribution in [0.3, 0.4) is 0 Å². The van der Waals surface area contributed by atoms with Crippen LogP contribution in [0.25, 0.3) is 0 Å². The number of anilines is 1. The van der Waals surface area contributed by atoms with E-state index in [1.165, 1.54) is 0 Å². The highest BCUT2D eigenvalue weighted by Gasteiger charge is 2.43. The van der Waals surface area contributed by atoms with E-state index in [9.17, 15) is 4.79 Å². The van der Waals surface area contributed by atoms with Gasteiger partial charge in [0.1, 0.15) is 0 Å². The number of hydrogen-bond donors (Lipinski definition) is 3. The summed E-state index contributed by atoms with van der Waals surface area (Å²) in [4.78, 5) is 12.2. The Kier molecular flexibility index (Phi) is 3.19. The Morgan fingerprint density at radius 2 is 2.22 bits per heavy atom. The number of nitrogens with one attached hydrogen (secondary N) is 2. The monoisotopic (exact) mass is 250 g/mol. The molecular formula is C13H22N4O. The normalized spacial score (nSPS) is 18.2. The molecule has 0 spiro atoms. The van der Waals surface area contributed by atoms with Crippen LogP contribution in [0.1, 0.15) is 45.7 Å². The van der Waals surface area contributed by atoms with Crippen molar-refractivity contribution in [2.24, 2.45) is 11.1 Å². The largest absolute Gasteiger partial charge is 0.329 e. The Bertz CT molecular complexity index is 435. The van der Waals surface area contributed by atoms with Crippen LogP contribution >= 0.6 is 0 Å². The number of H-pyrrole nitrogens is 1. The molecule has 4 N–H and O–H groups in total. The molecule has 1 aliphatic carbocycles. The molecule has 1 fully saturated rings. The fourth-order valence-corrected chi connectivity index (χ4v) is 2.15. The molecule has 2 rings (SSSR count). The molecule has 18 heavy (non-hydrogen) atoms. The number of nitrogens with two attached hydrogens (primary N) is 1. The fourth-order valence-electron chi connectivity index (χ4n) is 2.15. The standard InChI is InChI=1S/C13H22N4O/c1-12(2,3)9-7-10(17-16-9)15-11(18)13(8-14)5-4-6-13/h7H,4-6,8,14H2,1-3H3,(H2,15,16,17,18). The number of nitrogens with zero attached hydrogens (tertiary/aromatic N) is 1. The zero-order chi connectivity index (χ0) is 13.4. The van der Waals surface area contributed by atoms with Crippen molar-refractivity contribution in [3.05, 3.63) is 11.8 Å². The summed E-state index contributed by atoms with van der Waals surface area (Å²) in [6.45, 7) is 6.70. The first-order chi connectivity index (χ1) is 8.37. The number of carbonyl (C=O) groups is 1. The van der Waals surface area contributed by atoms with Crippen molar-refractivity contribution in [3.8, 4) is 0 Å². The van der Waals surface area contributed by atoms with Crippen molar-refractivity contribution in [1.29, 1.82) is 0 Å². The summed E-state index contributed by atoms with van der Waals surface area (Å²) in [5, 5.41) is 9.96. The van der Waals surface area contributed by atoms with Gasteiger partial charge in [-0.2, -0.15) is 5.10 Å². The van der Waals surface area contributed by atoms with Gasteiger partial charge < -0.3 is 11.1 Å². The molecule has 1 aromatic rings. The van der Waals surface area contributed by atoms with Gasteiger partial charge in [0, 0.05) is 23.7 Å². The highest BCUT2D eigenvalue weighted by molar-refractivity contribution is 5.95. The summed E-state index contributed by atoms with van der Waals surface area (Å²) in [5.41, 5.74) is 6.35. The second kappa shape index (κ2) is 4.39. The molecule has 5 heteroatoms. The van der Waals surface area contributed by atoms with E-state index < -0.39 is 0 Å². The Morgan fingerprint density at radius 3 is 2.61 bits per heavy atom. The first kappa shape index (κ1) is 13.1. The lowest BCUT2D eigenvalue weighted by molar-refractivity contribution is -0.129. The Morgan fingerprint density at radius 1 is 1.56 bits per heavy atom. The lowest BCUT2D eigenvalue weighted by Crippen LogP contribution is -2.47. The summed E-state index contributed by atoms with van der Waals surface area (Å²) in [5.74, 6) is 0.591. The summed E-state index contributed by atoms with van der Waals surface area (Å²) in [6, 6.07) is 1.89. The van der Waals surface area contributed by atoms with Crippen molar-refractivity contribution in [3.63, 3.8) is 0 Å². The topological polar surface area (TPSA) is 83.8 Å². The van der Waals surface area contributed by atoms with Crippen LogP contribution in [0.2, 0.25) is 0 Å². The van der Waals surface area contributed by atoms with Gasteiger partial charge in [-0.3, -0.25) is 9.89 Å². The minimum absolute atomic E-state index is 0.00198. The zero-order valence-corrected chi connectivity index (χ0v) is 11.3. The predicted octanol–water partition coefficient (Wildman–Crippen LogP) is 1.77. The van der Waals surface area contributed by atoms with Crippen LogP contribution in [-0.4, -0.2) is 22.6 Å². The lowest BCUT2D eigenvalue weighted by atomic mass is 9.68. The average Bonchev–Trinajstić information content (AvgIpc) is 2.64. The van der Waals surface area contributed by atoms with Crippen LogP contribution < -0.4 is 11.1 Å². The fraction of sp³-hybridized carbons (Fsp3) is 0.692. The molecule has 0 radical (unpaired) electrons. The van der Waals surface area contributed by atoms with Crippen molar-refractivity contribution in [2.75, 3.05) is 11.9 Å². The number of carbonyl (C=O) groups excluding carboxylic acids is 1. The SMILES string of the molecule is CC(C)(C)c1cc(NC(=O)C2(CN)CCC2)n[nH]1. The van der Waals surface area contributed by atoms with Gasteiger partial charge >= 0.3 is 0 Å². The number of aromatic amines is 1. The van der Waals surface area contributed by atoms with Crippen LogP contribution in [0.15, 0.2) is 6.07 Å². The van der Waals surface area contributed by atoms with Gasteiger partial charge in [0.2, 0.25) is 5.91 Å². The molecule has 1 amide bonds. The van der Waals surface area contributed by atoms with Crippen molar-refractivity contribution < 1.29 is 4.79 Å². The maximum absolute atomic E-state index is 12.2. The van der Waals surface area contributed by atoms with E-state index in [1.54, 1.807) is 0 Å². The summed E-state index contributed by atoms with van der Waals surface area (Å²) < 4.78 is 0. The van der Waals surface area contributed by atoms with Gasteiger partial charge in [-0.05, 0) is 12.8 Å². The first-order valence-electron chi connectivity index (χ1n) is 6.45. The van der Waals surface area contributed by atoms with Gasteiger partial charge in [0.15, 0.2) is 5.82 Å². The van der Waals surface area contributed by atoms with Crippen LogP contribution in [-0.2, 0) is 10.2 Å². The molecule has 1 heterocycles. The molecule has 5 nitrogen and oxygen atoms in total. The van der Waals surface area contributed by atoms with E-state index in [-0.39, 0.29) is 16.7 Å². The molecule has 0 aromatic carbocycles. The number of rotatable bonds is 3. The van der Waals surface area contributed by atoms with E-state index in [0.717, 1.165) is 25.0 Å². The molecular weight excluding hydrogens is 228 g/mol. The van der Waals surface area contributed by atoms with Crippen LogP contribution in [0.4, 0.5) is 5.82 Å². The van der Waals surface area contributed by atoms with Crippen molar-refractivity contribution in [1.82, 2.24) is 10.2 Å². The Balaban J connectivity index is 2.06. The summed E-state index contributed by atoms with van der Waals surface area (Å²) in [7, 11) is 0. The predicted molar refractivity (Wildman–Crippen MR) is 71.3 cm³/mol. The minimum Gasteiger partial charge on any atom is -0.329 e. The maximum atomic E-state index is 12.2. The van der Waals surface area contributed by atoms with Gasteiger partial charge in [-0.25, -0.2) is 0 Å². The molecule has 1 saturated carbocycles. The number of hydrogen-bond acceptors (Lipinski definition) is 3. The average molecular weight is 250 g/mol. The van der Waals surface area contributed by atoms with Gasteiger partial charge in [0.05, 0.1) is 5.41 Å². The van der Waals surface area contributed by atoms with Gasteiger partial charge in [-0.1, -0.05) is 27.2 Å². The second-order valence-electron chi connectivity index (χ2n) is 6.21. The molecule has 1 aromatic heterocycles. The molecule has 1 aliphatic rings. The highest BCUT2D eigenvalue weighted by atomic mass is 16.2. The van der Waals surface area contributed by atoms with Gasteiger partial charge in [-0.15, -0.1) is 0 Å². The Hall–Kier alpha value is -1.36. The number of amides is 1. The van der Waals surface area contributed by atoms with Crippen LogP contribution in [0.5, 0.6) is 0 Å². The lowest BCUT2D eigenvalue weighted by Gasteiger charge is -2.38. The Labute approximate surface area is 108 Å². The maximum Gasteiger partial charge on any atom is 0.233 e. The van der Waals surface area contributed by atoms with Crippen LogP contribution in [0, 0.1) is 5.41 Å². The highest BCUT2D eigenvalue weighted by Crippen LogP contribution is 2.40. The van der Waals surface area contributed by atoms with E-state index in [4.69, 9.17) is 5.73 Å². The molecule has 0 bridgehead atoms. The van der Waals surface area contributed by atoms with Crippen molar-refractivity contribution in [2.45, 2.75) is 45.4 Å². The first-order valence-corrected chi connectivity index (χ1v) is 6.45. The molecule has 0 saturated heterocycles. The summed E-state index contributed by atoms with van der Waals surface area (Å²) in [6.07, 6.45) is 2.84. The minimum atomic E-state index is -0.360. The third-order valence-electron chi connectivity index (χ3n) is 3.81. The quantitative estimate of drug-likeness (QED) is 0.764. The second-order valence-corrected chi connectivity index (χ2v) is 6.21. The third kappa shape index (κ3) is 2.27. The third-order valence-corrected chi connectivity index (χ3v) is 3.81. The van der Waals surface area contributed by atoms with E-state index >= 15 is 0 Å². The molecule has 0 unspecified atom stereocenters. The molecule has 0 aliphatic heterocycles. The van der Waals surface area contributed by atoms with Gasteiger partial charge in [0.25, 0.3) is 0 Å². The summed E-state index contributed by atoms with van der Waals surface area (Å²) >= 11 is 0. The van der Waals surface area contributed by atoms with Crippen molar-refractivity contribution >= 4 is 11.7 Å².